The van der Waals surface area contributed by atoms with E-state index < -0.39 is 6.10 Å². The molecule has 1 heterocycles. The summed E-state index contributed by atoms with van der Waals surface area (Å²) in [5.74, 6) is 2.17. The third-order valence-corrected chi connectivity index (χ3v) is 6.17. The first-order valence-electron chi connectivity index (χ1n) is 11.3. The van der Waals surface area contributed by atoms with Gasteiger partial charge in [-0.1, -0.05) is 48.5 Å². The summed E-state index contributed by atoms with van der Waals surface area (Å²) in [6.45, 7) is 0.460. The van der Waals surface area contributed by atoms with Gasteiger partial charge in [-0.2, -0.15) is 11.8 Å². The Morgan fingerprint density at radius 2 is 1.71 bits per heavy atom. The van der Waals surface area contributed by atoms with Crippen LogP contribution in [0.2, 0.25) is 0 Å². The molecule has 1 amide bonds. The minimum absolute atomic E-state index is 0.140. The maximum atomic E-state index is 13.0. The Balaban J connectivity index is 1.59. The highest BCUT2D eigenvalue weighted by molar-refractivity contribution is 7.98. The summed E-state index contributed by atoms with van der Waals surface area (Å²) in [6, 6.07) is 26.2. The smallest absolute Gasteiger partial charge is 0.251 e. The monoisotopic (exact) mass is 475 g/mol. The molecule has 2 atom stereocenters. The lowest BCUT2D eigenvalue weighted by Crippen LogP contribution is -2.32. The van der Waals surface area contributed by atoms with Crippen molar-refractivity contribution in [2.45, 2.75) is 25.1 Å². The van der Waals surface area contributed by atoms with Crippen molar-refractivity contribution in [1.29, 1.82) is 0 Å². The third-order valence-electron chi connectivity index (χ3n) is 5.53. The number of amides is 1. The molecular formula is C27H29N3O3S. The lowest BCUT2D eigenvalue weighted by molar-refractivity contribution is 0.0902. The molecule has 0 aliphatic carbocycles. The molecule has 0 saturated carbocycles. The molecule has 2 N–H and O–H groups in total. The summed E-state index contributed by atoms with van der Waals surface area (Å²) in [6.07, 6.45) is 2.02. The van der Waals surface area contributed by atoms with Crippen molar-refractivity contribution in [3.05, 3.63) is 96.3 Å². The van der Waals surface area contributed by atoms with Crippen LogP contribution in [0, 0.1) is 0 Å². The lowest BCUT2D eigenvalue weighted by Gasteiger charge is -2.22. The average Bonchev–Trinajstić information content (AvgIpc) is 3.24. The van der Waals surface area contributed by atoms with E-state index >= 15 is 0 Å². The van der Waals surface area contributed by atoms with Gasteiger partial charge < -0.3 is 19.7 Å². The van der Waals surface area contributed by atoms with E-state index in [-0.39, 0.29) is 18.6 Å². The van der Waals surface area contributed by atoms with Gasteiger partial charge in [0, 0.05) is 5.56 Å². The first-order chi connectivity index (χ1) is 16.7. The fraction of sp³-hybridized carbons (Fsp3) is 0.259. The van der Waals surface area contributed by atoms with Crippen LogP contribution in [-0.2, 0) is 6.54 Å². The van der Waals surface area contributed by atoms with E-state index in [2.05, 4.69) is 5.32 Å². The van der Waals surface area contributed by atoms with E-state index in [9.17, 15) is 9.90 Å². The molecule has 4 aromatic rings. The molecule has 0 spiro atoms. The first kappa shape index (κ1) is 23.9. The number of nitrogens with one attached hydrogen (secondary N) is 1. The number of hydrogen-bond donors (Lipinski definition) is 2. The number of rotatable bonds is 11. The summed E-state index contributed by atoms with van der Waals surface area (Å²) < 4.78 is 7.76. The van der Waals surface area contributed by atoms with Gasteiger partial charge in [0.2, 0.25) is 0 Å². The van der Waals surface area contributed by atoms with E-state index in [1.165, 1.54) is 0 Å². The number of benzene rings is 3. The fourth-order valence-electron chi connectivity index (χ4n) is 3.86. The van der Waals surface area contributed by atoms with Crippen LogP contribution >= 0.6 is 11.8 Å². The third kappa shape index (κ3) is 5.98. The zero-order valence-electron chi connectivity index (χ0n) is 19.1. The number of carbonyl (C=O) groups excluding carboxylic acids is 1. The largest absolute Gasteiger partial charge is 0.491 e. The van der Waals surface area contributed by atoms with Gasteiger partial charge >= 0.3 is 0 Å². The molecule has 7 heteroatoms. The van der Waals surface area contributed by atoms with E-state index in [0.29, 0.717) is 17.9 Å². The van der Waals surface area contributed by atoms with Gasteiger partial charge in [-0.05, 0) is 54.8 Å². The number of ether oxygens (including phenoxy) is 1. The minimum Gasteiger partial charge on any atom is -0.491 e. The normalized spacial score (nSPS) is 12.9. The minimum atomic E-state index is -0.748. The number of imidazole rings is 1. The van der Waals surface area contributed by atoms with Crippen LogP contribution in [0.3, 0.4) is 0 Å². The van der Waals surface area contributed by atoms with Gasteiger partial charge in [0.1, 0.15) is 24.3 Å². The zero-order chi connectivity index (χ0) is 23.8. The quantitative estimate of drug-likeness (QED) is 0.329. The van der Waals surface area contributed by atoms with E-state index in [1.807, 2.05) is 83.6 Å². The van der Waals surface area contributed by atoms with Crippen LogP contribution in [0.25, 0.3) is 11.0 Å². The number of fused-ring (bicyclic) bond motifs is 1. The Morgan fingerprint density at radius 3 is 2.44 bits per heavy atom. The van der Waals surface area contributed by atoms with Crippen molar-refractivity contribution < 1.29 is 14.6 Å². The highest BCUT2D eigenvalue weighted by atomic mass is 32.2. The molecule has 6 nitrogen and oxygen atoms in total. The molecular weight excluding hydrogens is 446 g/mol. The van der Waals surface area contributed by atoms with Crippen LogP contribution in [0.1, 0.15) is 28.6 Å². The maximum Gasteiger partial charge on any atom is 0.251 e. The number of nitrogens with zero attached hydrogens (tertiary/aromatic N) is 2. The summed E-state index contributed by atoms with van der Waals surface area (Å²) in [7, 11) is 0. The number of aliphatic hydroxyl groups is 1. The Kier molecular flexibility index (Phi) is 8.22. The van der Waals surface area contributed by atoms with Crippen LogP contribution in [0.15, 0.2) is 84.9 Å². The molecule has 1 aromatic heterocycles. The summed E-state index contributed by atoms with van der Waals surface area (Å²) in [4.78, 5) is 17.8. The summed E-state index contributed by atoms with van der Waals surface area (Å²) >= 11 is 1.72. The van der Waals surface area contributed by atoms with Crippen LogP contribution in [0.5, 0.6) is 5.75 Å². The van der Waals surface area contributed by atoms with Gasteiger partial charge in [0.15, 0.2) is 0 Å². The van der Waals surface area contributed by atoms with Crippen molar-refractivity contribution in [1.82, 2.24) is 14.9 Å². The Morgan fingerprint density at radius 1 is 1.03 bits per heavy atom. The maximum absolute atomic E-state index is 13.0. The standard InChI is InChI=1S/C27H29N3O3S/c1-34-17-16-24(29-27(32)20-10-4-2-5-11-20)26-28-23-14-8-9-15-25(23)30(26)18-21(31)19-33-22-12-6-3-7-13-22/h2-15,21,24,31H,16-19H2,1H3,(H,29,32). The fourth-order valence-corrected chi connectivity index (χ4v) is 4.33. The highest BCUT2D eigenvalue weighted by Gasteiger charge is 2.24. The second-order valence-electron chi connectivity index (χ2n) is 8.02. The van der Waals surface area contributed by atoms with E-state index in [1.54, 1.807) is 23.9 Å². The molecule has 4 rings (SSSR count). The van der Waals surface area contributed by atoms with Crippen molar-refractivity contribution in [3.63, 3.8) is 0 Å². The average molecular weight is 476 g/mol. The second kappa shape index (κ2) is 11.7. The van der Waals surface area contributed by atoms with Crippen LogP contribution in [-0.4, -0.2) is 45.3 Å². The zero-order valence-corrected chi connectivity index (χ0v) is 19.9. The van der Waals surface area contributed by atoms with Gasteiger partial charge in [0.05, 0.1) is 23.6 Å². The van der Waals surface area contributed by atoms with Gasteiger partial charge in [0.25, 0.3) is 5.91 Å². The summed E-state index contributed by atoms with van der Waals surface area (Å²) in [5, 5.41) is 14.0. The number of thioether (sulfide) groups is 1. The van der Waals surface area contributed by atoms with Crippen molar-refractivity contribution in [2.24, 2.45) is 0 Å². The highest BCUT2D eigenvalue weighted by Crippen LogP contribution is 2.25. The van der Waals surface area contributed by atoms with Crippen molar-refractivity contribution >= 4 is 28.7 Å². The second-order valence-corrected chi connectivity index (χ2v) is 9.01. The molecule has 0 aliphatic heterocycles. The summed E-state index contributed by atoms with van der Waals surface area (Å²) in [5.41, 5.74) is 2.35. The topological polar surface area (TPSA) is 76.4 Å². The molecule has 0 saturated heterocycles. The number of hydrogen-bond acceptors (Lipinski definition) is 5. The van der Waals surface area contributed by atoms with E-state index in [4.69, 9.17) is 9.72 Å². The molecule has 0 fully saturated rings. The van der Waals surface area contributed by atoms with Crippen LogP contribution in [0.4, 0.5) is 0 Å². The Labute approximate surface area is 204 Å². The molecule has 0 bridgehead atoms. The first-order valence-corrected chi connectivity index (χ1v) is 12.7. The molecule has 0 radical (unpaired) electrons. The Hall–Kier alpha value is -3.29. The van der Waals surface area contributed by atoms with Crippen LogP contribution < -0.4 is 10.1 Å². The molecule has 176 valence electrons. The molecule has 3 aromatic carbocycles. The van der Waals surface area contributed by atoms with Crippen molar-refractivity contribution in [2.75, 3.05) is 18.6 Å². The predicted molar refractivity (Wildman–Crippen MR) is 137 cm³/mol. The number of para-hydroxylation sites is 3. The van der Waals surface area contributed by atoms with Gasteiger partial charge in [-0.15, -0.1) is 0 Å². The van der Waals surface area contributed by atoms with Crippen molar-refractivity contribution in [3.8, 4) is 5.75 Å². The molecule has 2 unspecified atom stereocenters. The lowest BCUT2D eigenvalue weighted by atomic mass is 10.1. The predicted octanol–water partition coefficient (Wildman–Crippen LogP) is 4.70. The number of aromatic nitrogens is 2. The number of carbonyl (C=O) groups is 1. The van der Waals surface area contributed by atoms with E-state index in [0.717, 1.165) is 29.0 Å². The Bertz CT molecular complexity index is 1200. The van der Waals surface area contributed by atoms with Gasteiger partial charge in [-0.25, -0.2) is 4.98 Å². The SMILES string of the molecule is CSCCC(NC(=O)c1ccccc1)c1nc2ccccc2n1CC(O)COc1ccccc1. The van der Waals surface area contributed by atoms with Gasteiger partial charge in [-0.3, -0.25) is 4.79 Å². The number of aliphatic hydroxyl groups excluding tert-OH is 1. The molecule has 34 heavy (non-hydrogen) atoms. The molecule has 0 aliphatic rings.